The van der Waals surface area contributed by atoms with E-state index in [4.69, 9.17) is 8.83 Å². The fraction of sp³-hybridized carbons (Fsp3) is 0. The van der Waals surface area contributed by atoms with E-state index < -0.39 is 0 Å². The molecule has 0 atom stereocenters. The number of para-hydroxylation sites is 3. The van der Waals surface area contributed by atoms with Crippen LogP contribution in [0.4, 0.5) is 0 Å². The van der Waals surface area contributed by atoms with Crippen LogP contribution in [0.2, 0.25) is 0 Å². The van der Waals surface area contributed by atoms with Crippen LogP contribution in [0.15, 0.2) is 160 Å². The van der Waals surface area contributed by atoms with Crippen molar-refractivity contribution in [3.63, 3.8) is 0 Å². The van der Waals surface area contributed by atoms with Gasteiger partial charge in [-0.15, -0.1) is 0 Å². The van der Waals surface area contributed by atoms with E-state index in [2.05, 4.69) is 91.0 Å². The average Bonchev–Trinajstić information content (AvgIpc) is 3.69. The maximum Gasteiger partial charge on any atom is 0.143 e. The molecule has 0 bridgehead atoms. The molecule has 0 amide bonds. The van der Waals surface area contributed by atoms with E-state index in [9.17, 15) is 5.26 Å². The zero-order valence-corrected chi connectivity index (χ0v) is 24.7. The van der Waals surface area contributed by atoms with Crippen molar-refractivity contribution >= 4 is 43.9 Å². The van der Waals surface area contributed by atoms with Gasteiger partial charge in [0, 0.05) is 27.1 Å². The second kappa shape index (κ2) is 10.4. The van der Waals surface area contributed by atoms with E-state index in [0.717, 1.165) is 88.4 Å². The number of benzene rings is 7. The number of nitriles is 1. The van der Waals surface area contributed by atoms with E-state index >= 15 is 0 Å². The molecule has 2 heterocycles. The fourth-order valence-corrected chi connectivity index (χ4v) is 6.84. The molecule has 7 aromatic carbocycles. The number of nitrogens with zero attached hydrogens (tertiary/aromatic N) is 1. The number of hydrogen-bond acceptors (Lipinski definition) is 3. The number of hydrogen-bond donors (Lipinski definition) is 0. The third kappa shape index (κ3) is 4.05. The van der Waals surface area contributed by atoms with Gasteiger partial charge in [-0.2, -0.15) is 5.26 Å². The minimum absolute atomic E-state index is 0.626. The smallest absolute Gasteiger partial charge is 0.143 e. The summed E-state index contributed by atoms with van der Waals surface area (Å²) in [5.74, 6) is 0. The SMILES string of the molecule is N#Cc1ccccc1-c1cc(-c2ccc3c(c2)oc2ccccc23)c(-c2ccccc2)c(-c2cccc3c2oc2ccccc23)c1. The molecule has 0 N–H and O–H groups in total. The van der Waals surface area contributed by atoms with Crippen molar-refractivity contribution in [3.05, 3.63) is 157 Å². The van der Waals surface area contributed by atoms with Gasteiger partial charge in [0.2, 0.25) is 0 Å². The molecule has 46 heavy (non-hydrogen) atoms. The summed E-state index contributed by atoms with van der Waals surface area (Å²) in [6.45, 7) is 0. The molecular formula is C43H25NO2. The van der Waals surface area contributed by atoms with Crippen molar-refractivity contribution in [1.29, 1.82) is 5.26 Å². The molecule has 214 valence electrons. The highest BCUT2D eigenvalue weighted by molar-refractivity contribution is 6.12. The van der Waals surface area contributed by atoms with Crippen molar-refractivity contribution in [3.8, 4) is 50.6 Å². The highest BCUT2D eigenvalue weighted by Gasteiger charge is 2.22. The van der Waals surface area contributed by atoms with Gasteiger partial charge in [-0.05, 0) is 81.4 Å². The van der Waals surface area contributed by atoms with Crippen molar-refractivity contribution in [2.75, 3.05) is 0 Å². The summed E-state index contributed by atoms with van der Waals surface area (Å²) in [6, 6.07) is 54.3. The molecule has 0 saturated carbocycles. The van der Waals surface area contributed by atoms with Crippen molar-refractivity contribution in [2.45, 2.75) is 0 Å². The van der Waals surface area contributed by atoms with Crippen LogP contribution in [0.1, 0.15) is 5.56 Å². The van der Waals surface area contributed by atoms with Gasteiger partial charge in [0.1, 0.15) is 22.3 Å². The molecule has 0 fully saturated rings. The van der Waals surface area contributed by atoms with E-state index in [1.54, 1.807) is 0 Å². The summed E-state index contributed by atoms with van der Waals surface area (Å²) < 4.78 is 12.9. The predicted octanol–water partition coefficient (Wildman–Crippen LogP) is 12.0. The molecule has 0 radical (unpaired) electrons. The molecule has 0 aliphatic heterocycles. The largest absolute Gasteiger partial charge is 0.456 e. The maximum absolute atomic E-state index is 10.1. The molecule has 0 saturated heterocycles. The quantitative estimate of drug-likeness (QED) is 0.206. The summed E-state index contributed by atoms with van der Waals surface area (Å²) >= 11 is 0. The summed E-state index contributed by atoms with van der Waals surface area (Å²) in [4.78, 5) is 0. The average molecular weight is 588 g/mol. The lowest BCUT2D eigenvalue weighted by Crippen LogP contribution is -1.94. The molecule has 2 aromatic heterocycles. The van der Waals surface area contributed by atoms with Crippen LogP contribution in [0.25, 0.3) is 88.4 Å². The zero-order chi connectivity index (χ0) is 30.6. The Balaban J connectivity index is 1.42. The minimum atomic E-state index is 0.626. The van der Waals surface area contributed by atoms with Gasteiger partial charge in [-0.1, -0.05) is 109 Å². The Kier molecular flexibility index (Phi) is 5.88. The third-order valence-corrected chi connectivity index (χ3v) is 8.94. The number of fused-ring (bicyclic) bond motifs is 6. The fourth-order valence-electron chi connectivity index (χ4n) is 6.84. The third-order valence-electron chi connectivity index (χ3n) is 8.94. The Bertz CT molecular complexity index is 2650. The van der Waals surface area contributed by atoms with Gasteiger partial charge >= 0.3 is 0 Å². The van der Waals surface area contributed by atoms with E-state index in [1.165, 1.54) is 0 Å². The molecule has 9 aromatic rings. The molecule has 0 aliphatic rings. The first kappa shape index (κ1) is 26.1. The van der Waals surface area contributed by atoms with Gasteiger partial charge in [-0.25, -0.2) is 0 Å². The molecule has 0 spiro atoms. The topological polar surface area (TPSA) is 50.1 Å². The monoisotopic (exact) mass is 587 g/mol. The minimum Gasteiger partial charge on any atom is -0.456 e. The highest BCUT2D eigenvalue weighted by atomic mass is 16.3. The van der Waals surface area contributed by atoms with Gasteiger partial charge < -0.3 is 8.83 Å². The van der Waals surface area contributed by atoms with Crippen LogP contribution in [0, 0.1) is 11.3 Å². The van der Waals surface area contributed by atoms with Crippen molar-refractivity contribution < 1.29 is 8.83 Å². The van der Waals surface area contributed by atoms with E-state index in [0.29, 0.717) is 5.56 Å². The molecule has 0 unspecified atom stereocenters. The molecule has 3 heteroatoms. The van der Waals surface area contributed by atoms with Gasteiger partial charge in [0.05, 0.1) is 11.6 Å². The van der Waals surface area contributed by atoms with Crippen LogP contribution in [-0.4, -0.2) is 0 Å². The Labute approximate surface area is 265 Å². The summed E-state index contributed by atoms with van der Waals surface area (Å²) in [6.07, 6.45) is 0. The number of furan rings is 2. The standard InChI is InChI=1S/C43H25NO2/c44-26-29-13-4-5-14-31(29)30-23-37(28-21-22-34-32-15-6-8-19-39(32)45-41(34)25-28)42(27-11-2-1-3-12-27)38(24-30)36-18-10-17-35-33-16-7-9-20-40(33)46-43(35)36/h1-25H. The first-order valence-corrected chi connectivity index (χ1v) is 15.3. The first-order chi connectivity index (χ1) is 22.8. The van der Waals surface area contributed by atoms with Crippen LogP contribution in [0.5, 0.6) is 0 Å². The van der Waals surface area contributed by atoms with Crippen LogP contribution >= 0.6 is 0 Å². The van der Waals surface area contributed by atoms with Crippen LogP contribution < -0.4 is 0 Å². The van der Waals surface area contributed by atoms with Crippen molar-refractivity contribution in [2.24, 2.45) is 0 Å². The normalized spacial score (nSPS) is 11.5. The Morgan fingerprint density at radius 1 is 0.391 bits per heavy atom. The second-order valence-electron chi connectivity index (χ2n) is 11.6. The van der Waals surface area contributed by atoms with Crippen LogP contribution in [0.3, 0.4) is 0 Å². The first-order valence-electron chi connectivity index (χ1n) is 15.3. The lowest BCUT2D eigenvalue weighted by Gasteiger charge is -2.19. The summed E-state index contributed by atoms with van der Waals surface area (Å²) in [7, 11) is 0. The highest BCUT2D eigenvalue weighted by Crippen LogP contribution is 2.47. The van der Waals surface area contributed by atoms with Gasteiger partial charge in [0.25, 0.3) is 0 Å². The lowest BCUT2D eigenvalue weighted by molar-refractivity contribution is 0.669. The Morgan fingerprint density at radius 3 is 1.85 bits per heavy atom. The molecule has 3 nitrogen and oxygen atoms in total. The molecular weight excluding hydrogens is 562 g/mol. The molecule has 0 aliphatic carbocycles. The zero-order valence-electron chi connectivity index (χ0n) is 24.7. The van der Waals surface area contributed by atoms with Crippen molar-refractivity contribution in [1.82, 2.24) is 0 Å². The van der Waals surface area contributed by atoms with Gasteiger partial charge in [0.15, 0.2) is 0 Å². The van der Waals surface area contributed by atoms with E-state index in [-0.39, 0.29) is 0 Å². The Morgan fingerprint density at radius 2 is 1.02 bits per heavy atom. The lowest BCUT2D eigenvalue weighted by atomic mass is 9.83. The second-order valence-corrected chi connectivity index (χ2v) is 11.6. The Hall–Kier alpha value is -6.37. The van der Waals surface area contributed by atoms with Gasteiger partial charge in [-0.3, -0.25) is 0 Å². The summed E-state index contributed by atoms with van der Waals surface area (Å²) in [5.41, 5.74) is 12.1. The summed E-state index contributed by atoms with van der Waals surface area (Å²) in [5, 5.41) is 14.5. The molecule has 9 rings (SSSR count). The van der Waals surface area contributed by atoms with E-state index in [1.807, 2.05) is 66.7 Å². The maximum atomic E-state index is 10.1. The number of rotatable bonds is 4. The van der Waals surface area contributed by atoms with Crippen LogP contribution in [-0.2, 0) is 0 Å². The predicted molar refractivity (Wildman–Crippen MR) is 187 cm³/mol.